The fourth-order valence-electron chi connectivity index (χ4n) is 2.95. The highest BCUT2D eigenvalue weighted by molar-refractivity contribution is 14.1. The van der Waals surface area contributed by atoms with E-state index in [9.17, 15) is 4.79 Å². The first-order chi connectivity index (χ1) is 15.0. The van der Waals surface area contributed by atoms with Crippen molar-refractivity contribution in [3.8, 4) is 11.5 Å². The lowest BCUT2D eigenvalue weighted by Crippen LogP contribution is -2.13. The van der Waals surface area contributed by atoms with E-state index in [4.69, 9.17) is 21.1 Å². The van der Waals surface area contributed by atoms with E-state index in [2.05, 4.69) is 57.7 Å². The summed E-state index contributed by atoms with van der Waals surface area (Å²) in [5, 5.41) is 0.701. The second-order valence-electron chi connectivity index (χ2n) is 6.73. The molecule has 0 aliphatic heterocycles. The van der Waals surface area contributed by atoms with Gasteiger partial charge >= 0.3 is 5.97 Å². The molecule has 0 unspecified atom stereocenters. The summed E-state index contributed by atoms with van der Waals surface area (Å²) in [5.41, 5.74) is 4.12. The molecule has 0 amide bonds. The van der Waals surface area contributed by atoms with Crippen LogP contribution in [-0.4, -0.2) is 26.3 Å². The van der Waals surface area contributed by atoms with Crippen LogP contribution in [0.25, 0.3) is 5.57 Å². The lowest BCUT2D eigenvalue weighted by Gasteiger charge is -2.12. The van der Waals surface area contributed by atoms with Crippen LogP contribution in [-0.2, 0) is 9.53 Å². The zero-order chi connectivity index (χ0) is 22.2. The van der Waals surface area contributed by atoms with Crippen molar-refractivity contribution in [2.75, 3.05) is 20.3 Å². The van der Waals surface area contributed by atoms with Gasteiger partial charge in [-0.2, -0.15) is 0 Å². The van der Waals surface area contributed by atoms with Gasteiger partial charge < -0.3 is 14.2 Å². The van der Waals surface area contributed by atoms with E-state index < -0.39 is 5.97 Å². The molecule has 0 heterocycles. The predicted molar refractivity (Wildman–Crippen MR) is 132 cm³/mol. The summed E-state index contributed by atoms with van der Waals surface area (Å²) in [6, 6.07) is 21.6. The monoisotopic (exact) mass is 548 g/mol. The summed E-state index contributed by atoms with van der Waals surface area (Å²) >= 11 is 8.36. The topological polar surface area (TPSA) is 44.8 Å². The Morgan fingerprint density at radius 2 is 1.61 bits per heavy atom. The van der Waals surface area contributed by atoms with Crippen molar-refractivity contribution in [2.45, 2.75) is 6.92 Å². The van der Waals surface area contributed by atoms with Crippen molar-refractivity contribution in [1.82, 2.24) is 0 Å². The van der Waals surface area contributed by atoms with Crippen LogP contribution in [0.15, 0.2) is 72.8 Å². The molecule has 160 valence electrons. The number of halogens is 2. The zero-order valence-corrected chi connectivity index (χ0v) is 20.1. The number of aryl methyl sites for hydroxylation is 1. The average Bonchev–Trinajstić information content (AvgIpc) is 2.77. The van der Waals surface area contributed by atoms with E-state index in [1.807, 2.05) is 43.3 Å². The van der Waals surface area contributed by atoms with Crippen LogP contribution in [0, 0.1) is 10.5 Å². The van der Waals surface area contributed by atoms with Crippen LogP contribution in [0.1, 0.15) is 16.7 Å². The number of esters is 1. The van der Waals surface area contributed by atoms with Gasteiger partial charge in [0.25, 0.3) is 0 Å². The van der Waals surface area contributed by atoms with Crippen molar-refractivity contribution in [3.63, 3.8) is 0 Å². The maximum absolute atomic E-state index is 11.3. The Hall–Kier alpha value is -2.51. The van der Waals surface area contributed by atoms with Gasteiger partial charge in [-0.3, -0.25) is 0 Å². The lowest BCUT2D eigenvalue weighted by molar-refractivity contribution is -0.142. The first-order valence-corrected chi connectivity index (χ1v) is 11.1. The van der Waals surface area contributed by atoms with E-state index in [-0.39, 0.29) is 6.61 Å². The molecule has 0 N–H and O–H groups in total. The van der Waals surface area contributed by atoms with Gasteiger partial charge in [-0.25, -0.2) is 4.79 Å². The quantitative estimate of drug-likeness (QED) is 0.244. The molecule has 0 aliphatic rings. The number of hydrogen-bond acceptors (Lipinski definition) is 4. The van der Waals surface area contributed by atoms with Crippen LogP contribution in [0.5, 0.6) is 11.5 Å². The van der Waals surface area contributed by atoms with Crippen LogP contribution >= 0.6 is 34.2 Å². The molecule has 0 spiro atoms. The molecule has 0 atom stereocenters. The Morgan fingerprint density at radius 3 is 2.23 bits per heavy atom. The van der Waals surface area contributed by atoms with Crippen molar-refractivity contribution in [1.29, 1.82) is 0 Å². The van der Waals surface area contributed by atoms with Crippen molar-refractivity contribution < 1.29 is 19.0 Å². The fourth-order valence-corrected chi connectivity index (χ4v) is 3.44. The molecule has 3 aromatic carbocycles. The zero-order valence-electron chi connectivity index (χ0n) is 17.2. The Balaban J connectivity index is 1.75. The molecule has 31 heavy (non-hydrogen) atoms. The second kappa shape index (κ2) is 11.2. The van der Waals surface area contributed by atoms with Gasteiger partial charge in [0.1, 0.15) is 18.1 Å². The smallest absolute Gasteiger partial charge is 0.343 e. The van der Waals surface area contributed by atoms with Crippen LogP contribution in [0.2, 0.25) is 5.02 Å². The van der Waals surface area contributed by atoms with Gasteiger partial charge in [0.2, 0.25) is 0 Å². The molecule has 0 aliphatic carbocycles. The highest BCUT2D eigenvalue weighted by Crippen LogP contribution is 2.27. The molecule has 0 saturated carbocycles. The molecule has 6 heteroatoms. The average molecular weight is 549 g/mol. The second-order valence-corrected chi connectivity index (χ2v) is 8.42. The van der Waals surface area contributed by atoms with Gasteiger partial charge in [-0.15, -0.1) is 0 Å². The molecule has 0 bridgehead atoms. The highest BCUT2D eigenvalue weighted by atomic mass is 127. The number of rotatable bonds is 8. The normalized spacial score (nSPS) is 11.2. The molecular weight excluding hydrogens is 527 g/mol. The summed E-state index contributed by atoms with van der Waals surface area (Å²) in [6.07, 6.45) is 2.06. The Labute approximate surface area is 200 Å². The summed E-state index contributed by atoms with van der Waals surface area (Å²) in [5.74, 6) is 0.918. The maximum atomic E-state index is 11.3. The number of ether oxygens (including phenoxy) is 3. The molecule has 0 saturated heterocycles. The first kappa shape index (κ1) is 23.2. The summed E-state index contributed by atoms with van der Waals surface area (Å²) in [7, 11) is 1.33. The van der Waals surface area contributed by atoms with Crippen molar-refractivity contribution >= 4 is 45.7 Å². The van der Waals surface area contributed by atoms with E-state index in [1.165, 1.54) is 10.7 Å². The molecule has 0 fully saturated rings. The number of hydrogen-bond donors (Lipinski definition) is 0. The van der Waals surface area contributed by atoms with Crippen molar-refractivity contribution in [2.24, 2.45) is 0 Å². The van der Waals surface area contributed by atoms with Gasteiger partial charge in [0.05, 0.1) is 7.11 Å². The van der Waals surface area contributed by atoms with Gasteiger partial charge in [-0.1, -0.05) is 35.9 Å². The minimum atomic E-state index is -0.421. The molecule has 3 rings (SSSR count). The summed E-state index contributed by atoms with van der Waals surface area (Å²) in [6.45, 7) is 2.17. The van der Waals surface area contributed by atoms with E-state index in [0.717, 1.165) is 28.0 Å². The number of carbonyl (C=O) groups is 1. The van der Waals surface area contributed by atoms with Crippen LogP contribution in [0.4, 0.5) is 0 Å². The maximum Gasteiger partial charge on any atom is 0.343 e. The van der Waals surface area contributed by atoms with Crippen LogP contribution < -0.4 is 9.47 Å². The Kier molecular flexibility index (Phi) is 8.37. The molecule has 3 aromatic rings. The number of benzene rings is 3. The Morgan fingerprint density at radius 1 is 0.968 bits per heavy atom. The first-order valence-electron chi connectivity index (χ1n) is 9.61. The molecular formula is C25H22ClIO4. The third-order valence-electron chi connectivity index (χ3n) is 4.57. The largest absolute Gasteiger partial charge is 0.489 e. The molecule has 4 nitrogen and oxygen atoms in total. The predicted octanol–water partition coefficient (Wildman–Crippen LogP) is 6.32. The van der Waals surface area contributed by atoms with E-state index in [1.54, 1.807) is 6.07 Å². The SMILES string of the molecule is COC(=O)COc1ccc(OCC=C(c2ccc(Cl)cc2)c2ccc(I)cc2)cc1C. The summed E-state index contributed by atoms with van der Waals surface area (Å²) in [4.78, 5) is 11.3. The van der Waals surface area contributed by atoms with Crippen LogP contribution in [0.3, 0.4) is 0 Å². The minimum Gasteiger partial charge on any atom is -0.489 e. The fraction of sp³-hybridized carbons (Fsp3) is 0.160. The third-order valence-corrected chi connectivity index (χ3v) is 5.54. The van der Waals surface area contributed by atoms with Gasteiger partial charge in [0.15, 0.2) is 6.61 Å². The highest BCUT2D eigenvalue weighted by Gasteiger charge is 2.08. The van der Waals surface area contributed by atoms with Gasteiger partial charge in [0, 0.05) is 8.59 Å². The molecule has 0 aromatic heterocycles. The Bertz CT molecular complexity index is 1010. The minimum absolute atomic E-state index is 0.124. The van der Waals surface area contributed by atoms with E-state index >= 15 is 0 Å². The standard InChI is InChI=1S/C25H22ClIO4/c1-17-15-22(11-12-24(17)31-16-25(28)29-2)30-14-13-23(18-3-7-20(26)8-4-18)19-5-9-21(27)10-6-19/h3-13,15H,14,16H2,1-2H3. The lowest BCUT2D eigenvalue weighted by atomic mass is 9.98. The number of methoxy groups -OCH3 is 1. The van der Waals surface area contributed by atoms with Gasteiger partial charge in [-0.05, 0) is 100 Å². The van der Waals surface area contributed by atoms with E-state index in [0.29, 0.717) is 17.4 Å². The molecule has 0 radical (unpaired) electrons. The summed E-state index contributed by atoms with van der Waals surface area (Å²) < 4.78 is 17.2. The number of carbonyl (C=O) groups excluding carboxylic acids is 1. The third kappa shape index (κ3) is 6.74. The van der Waals surface area contributed by atoms with Crippen molar-refractivity contribution in [3.05, 3.63) is 98.1 Å².